The standard InChI is InChI=1S/C15H19NO2/c1-11(16-15(2)7-8-17-10-15)14-9-12-5-3-4-6-13(12)18-14/h3-6,9,11,16H,7-8,10H2,1-2H3. The molecular weight excluding hydrogens is 226 g/mol. The molecule has 3 rings (SSSR count). The molecule has 1 fully saturated rings. The van der Waals surface area contributed by atoms with Gasteiger partial charge in [-0.1, -0.05) is 18.2 Å². The van der Waals surface area contributed by atoms with Crippen LogP contribution in [0, 0.1) is 0 Å². The van der Waals surface area contributed by atoms with Gasteiger partial charge in [-0.3, -0.25) is 5.32 Å². The molecule has 0 spiro atoms. The fraction of sp³-hybridized carbons (Fsp3) is 0.467. The first-order valence-corrected chi connectivity index (χ1v) is 6.50. The van der Waals surface area contributed by atoms with Gasteiger partial charge in [0.1, 0.15) is 11.3 Å². The lowest BCUT2D eigenvalue weighted by Crippen LogP contribution is -2.44. The van der Waals surface area contributed by atoms with Gasteiger partial charge in [0.05, 0.1) is 12.6 Å². The number of ether oxygens (including phenoxy) is 1. The van der Waals surface area contributed by atoms with Crippen LogP contribution in [0.25, 0.3) is 11.0 Å². The molecular formula is C15H19NO2. The summed E-state index contributed by atoms with van der Waals surface area (Å²) in [5.74, 6) is 0.990. The van der Waals surface area contributed by atoms with E-state index in [1.54, 1.807) is 0 Å². The summed E-state index contributed by atoms with van der Waals surface area (Å²) >= 11 is 0. The maximum Gasteiger partial charge on any atom is 0.134 e. The summed E-state index contributed by atoms with van der Waals surface area (Å²) in [7, 11) is 0. The molecule has 0 bridgehead atoms. The molecule has 2 unspecified atom stereocenters. The summed E-state index contributed by atoms with van der Waals surface area (Å²) in [6.45, 7) is 5.97. The minimum atomic E-state index is 0.0678. The Kier molecular flexibility index (Phi) is 2.88. The highest BCUT2D eigenvalue weighted by atomic mass is 16.5. The molecule has 1 aromatic carbocycles. The highest BCUT2D eigenvalue weighted by Crippen LogP contribution is 2.27. The Morgan fingerprint density at radius 3 is 2.89 bits per heavy atom. The van der Waals surface area contributed by atoms with E-state index in [2.05, 4.69) is 31.3 Å². The van der Waals surface area contributed by atoms with E-state index in [1.807, 2.05) is 18.2 Å². The Balaban J connectivity index is 1.81. The molecule has 1 saturated heterocycles. The van der Waals surface area contributed by atoms with E-state index in [0.29, 0.717) is 0 Å². The van der Waals surface area contributed by atoms with Crippen LogP contribution < -0.4 is 5.32 Å². The van der Waals surface area contributed by atoms with Crippen molar-refractivity contribution in [2.24, 2.45) is 0 Å². The van der Waals surface area contributed by atoms with Crippen LogP contribution in [0.5, 0.6) is 0 Å². The van der Waals surface area contributed by atoms with E-state index < -0.39 is 0 Å². The number of rotatable bonds is 3. The van der Waals surface area contributed by atoms with Gasteiger partial charge in [0.25, 0.3) is 0 Å². The van der Waals surface area contributed by atoms with Crippen LogP contribution in [0.1, 0.15) is 32.1 Å². The molecule has 2 heterocycles. The van der Waals surface area contributed by atoms with E-state index >= 15 is 0 Å². The van der Waals surface area contributed by atoms with E-state index in [1.165, 1.54) is 0 Å². The molecule has 0 saturated carbocycles. The second-order valence-electron chi connectivity index (χ2n) is 5.42. The molecule has 1 N–H and O–H groups in total. The molecule has 18 heavy (non-hydrogen) atoms. The predicted octanol–water partition coefficient (Wildman–Crippen LogP) is 3.26. The van der Waals surface area contributed by atoms with Crippen molar-refractivity contribution in [1.29, 1.82) is 0 Å². The zero-order chi connectivity index (χ0) is 12.6. The molecule has 3 nitrogen and oxygen atoms in total. The van der Waals surface area contributed by atoms with Crippen molar-refractivity contribution in [3.05, 3.63) is 36.1 Å². The lowest BCUT2D eigenvalue weighted by Gasteiger charge is -2.27. The Morgan fingerprint density at radius 1 is 1.33 bits per heavy atom. The summed E-state index contributed by atoms with van der Waals surface area (Å²) in [6, 6.07) is 10.4. The smallest absolute Gasteiger partial charge is 0.134 e. The number of hydrogen-bond donors (Lipinski definition) is 1. The van der Waals surface area contributed by atoms with Gasteiger partial charge in [0.15, 0.2) is 0 Å². The zero-order valence-corrected chi connectivity index (χ0v) is 10.9. The van der Waals surface area contributed by atoms with Crippen LogP contribution >= 0.6 is 0 Å². The number of nitrogens with one attached hydrogen (secondary N) is 1. The van der Waals surface area contributed by atoms with Crippen LogP contribution in [-0.2, 0) is 4.74 Å². The molecule has 0 aliphatic carbocycles. The minimum absolute atomic E-state index is 0.0678. The van der Waals surface area contributed by atoms with E-state index in [0.717, 1.165) is 36.4 Å². The summed E-state index contributed by atoms with van der Waals surface area (Å²) in [4.78, 5) is 0. The largest absolute Gasteiger partial charge is 0.459 e. The fourth-order valence-electron chi connectivity index (χ4n) is 2.59. The SMILES string of the molecule is CC(NC1(C)CCOC1)c1cc2ccccc2o1. The van der Waals surface area contributed by atoms with Gasteiger partial charge in [-0.25, -0.2) is 0 Å². The highest BCUT2D eigenvalue weighted by molar-refractivity contribution is 5.77. The van der Waals surface area contributed by atoms with Crippen molar-refractivity contribution >= 4 is 11.0 Å². The molecule has 2 aromatic rings. The first-order valence-electron chi connectivity index (χ1n) is 6.50. The second-order valence-corrected chi connectivity index (χ2v) is 5.42. The van der Waals surface area contributed by atoms with Gasteiger partial charge in [-0.2, -0.15) is 0 Å². The summed E-state index contributed by atoms with van der Waals surface area (Å²) in [6.07, 6.45) is 1.05. The van der Waals surface area contributed by atoms with Crippen molar-refractivity contribution in [2.45, 2.75) is 31.8 Å². The first-order chi connectivity index (χ1) is 8.66. The Bertz CT molecular complexity index is 507. The number of furan rings is 1. The van der Waals surface area contributed by atoms with Crippen molar-refractivity contribution in [2.75, 3.05) is 13.2 Å². The third-order valence-corrected chi connectivity index (χ3v) is 3.66. The third kappa shape index (κ3) is 2.16. The quantitative estimate of drug-likeness (QED) is 0.901. The first kappa shape index (κ1) is 11.8. The van der Waals surface area contributed by atoms with Crippen molar-refractivity contribution < 1.29 is 9.15 Å². The Hall–Kier alpha value is -1.32. The van der Waals surface area contributed by atoms with Crippen LogP contribution in [0.4, 0.5) is 0 Å². The summed E-state index contributed by atoms with van der Waals surface area (Å²) in [5.41, 5.74) is 1.02. The lowest BCUT2D eigenvalue weighted by molar-refractivity contribution is 0.166. The number of benzene rings is 1. The topological polar surface area (TPSA) is 34.4 Å². The average molecular weight is 245 g/mol. The van der Waals surface area contributed by atoms with Crippen molar-refractivity contribution in [3.8, 4) is 0 Å². The molecule has 2 atom stereocenters. The van der Waals surface area contributed by atoms with Crippen LogP contribution in [0.2, 0.25) is 0 Å². The molecule has 1 aliphatic rings. The van der Waals surface area contributed by atoms with Crippen molar-refractivity contribution in [3.63, 3.8) is 0 Å². The second kappa shape index (κ2) is 4.41. The van der Waals surface area contributed by atoms with Gasteiger partial charge in [0, 0.05) is 17.5 Å². The zero-order valence-electron chi connectivity index (χ0n) is 10.9. The van der Waals surface area contributed by atoms with E-state index in [9.17, 15) is 0 Å². The molecule has 0 radical (unpaired) electrons. The number of para-hydroxylation sites is 1. The maximum absolute atomic E-state index is 5.88. The third-order valence-electron chi connectivity index (χ3n) is 3.66. The summed E-state index contributed by atoms with van der Waals surface area (Å²) in [5, 5.41) is 4.77. The molecule has 1 aromatic heterocycles. The Labute approximate surface area is 107 Å². The average Bonchev–Trinajstić information content (AvgIpc) is 2.95. The molecule has 96 valence electrons. The normalized spacial score (nSPS) is 25.7. The Morgan fingerprint density at radius 2 is 2.17 bits per heavy atom. The van der Waals surface area contributed by atoms with Gasteiger partial charge >= 0.3 is 0 Å². The maximum atomic E-state index is 5.88. The van der Waals surface area contributed by atoms with Crippen LogP contribution in [0.15, 0.2) is 34.7 Å². The predicted molar refractivity (Wildman–Crippen MR) is 71.6 cm³/mol. The van der Waals surface area contributed by atoms with Gasteiger partial charge < -0.3 is 9.15 Å². The lowest BCUT2D eigenvalue weighted by atomic mass is 10.00. The van der Waals surface area contributed by atoms with E-state index in [4.69, 9.17) is 9.15 Å². The number of fused-ring (bicyclic) bond motifs is 1. The molecule has 3 heteroatoms. The number of hydrogen-bond acceptors (Lipinski definition) is 3. The van der Waals surface area contributed by atoms with Crippen LogP contribution in [-0.4, -0.2) is 18.8 Å². The van der Waals surface area contributed by atoms with Gasteiger partial charge in [-0.05, 0) is 32.4 Å². The van der Waals surface area contributed by atoms with E-state index in [-0.39, 0.29) is 11.6 Å². The molecule has 0 amide bonds. The monoisotopic (exact) mass is 245 g/mol. The highest BCUT2D eigenvalue weighted by Gasteiger charge is 2.31. The van der Waals surface area contributed by atoms with Crippen molar-refractivity contribution in [1.82, 2.24) is 5.32 Å². The van der Waals surface area contributed by atoms with Gasteiger partial charge in [0.2, 0.25) is 0 Å². The molecule has 1 aliphatic heterocycles. The minimum Gasteiger partial charge on any atom is -0.459 e. The summed E-state index contributed by atoms with van der Waals surface area (Å²) < 4.78 is 11.3. The fourth-order valence-corrected chi connectivity index (χ4v) is 2.59. The van der Waals surface area contributed by atoms with Gasteiger partial charge in [-0.15, -0.1) is 0 Å². The van der Waals surface area contributed by atoms with Crippen LogP contribution in [0.3, 0.4) is 0 Å².